The van der Waals surface area contributed by atoms with Crippen molar-refractivity contribution in [2.24, 2.45) is 0 Å². The average Bonchev–Trinajstić information content (AvgIpc) is 2.92. The van der Waals surface area contributed by atoms with E-state index in [0.717, 1.165) is 16.9 Å². The molecule has 0 atom stereocenters. The van der Waals surface area contributed by atoms with Gasteiger partial charge in [-0.05, 0) is 79.9 Å². The lowest BCUT2D eigenvalue weighted by molar-refractivity contribution is -0.134. The maximum Gasteiger partial charge on any atom is 0.311 e. The molecular formula is C30H30O8. The first-order valence-corrected chi connectivity index (χ1v) is 12.1. The molecule has 1 aromatic heterocycles. The monoisotopic (exact) mass is 518 g/mol. The molecule has 4 aromatic rings. The Labute approximate surface area is 220 Å². The summed E-state index contributed by atoms with van der Waals surface area (Å²) in [4.78, 5) is 26.4. The first-order valence-electron chi connectivity index (χ1n) is 12.1. The smallest absolute Gasteiger partial charge is 0.311 e. The van der Waals surface area contributed by atoms with E-state index in [-0.39, 0.29) is 17.9 Å². The standard InChI is InChI=1S/C30H30O8/c1-18-15-19(2)27-25(16-18)37-29(20-8-13-23(34-4)24(17-20)35-5)30(28(27)32)38-26(31)7-6-14-36-22-11-9-21(33-3)10-12-22/h8-13,15-17H,6-7,14H2,1-5H3. The van der Waals surface area contributed by atoms with E-state index in [1.54, 1.807) is 55.6 Å². The first-order chi connectivity index (χ1) is 18.3. The van der Waals surface area contributed by atoms with Crippen LogP contribution in [0.15, 0.2) is 63.8 Å². The molecule has 0 spiro atoms. The molecule has 8 heteroatoms. The van der Waals surface area contributed by atoms with Gasteiger partial charge in [-0.1, -0.05) is 6.07 Å². The van der Waals surface area contributed by atoms with Crippen molar-refractivity contribution in [1.29, 1.82) is 0 Å². The van der Waals surface area contributed by atoms with E-state index in [9.17, 15) is 9.59 Å². The highest BCUT2D eigenvalue weighted by Gasteiger charge is 2.23. The van der Waals surface area contributed by atoms with E-state index in [1.165, 1.54) is 14.2 Å². The maximum atomic E-state index is 13.6. The molecule has 0 amide bonds. The number of fused-ring (bicyclic) bond motifs is 1. The van der Waals surface area contributed by atoms with Crippen molar-refractivity contribution in [3.8, 4) is 40.1 Å². The Morgan fingerprint density at radius 1 is 0.842 bits per heavy atom. The van der Waals surface area contributed by atoms with Crippen molar-refractivity contribution in [3.05, 3.63) is 75.9 Å². The molecule has 0 aliphatic rings. The molecule has 1 heterocycles. The Balaban J connectivity index is 1.61. The summed E-state index contributed by atoms with van der Waals surface area (Å²) < 4.78 is 33.4. The van der Waals surface area contributed by atoms with Crippen molar-refractivity contribution in [2.75, 3.05) is 27.9 Å². The number of methoxy groups -OCH3 is 3. The van der Waals surface area contributed by atoms with Crippen LogP contribution in [0.25, 0.3) is 22.3 Å². The minimum absolute atomic E-state index is 0.0475. The summed E-state index contributed by atoms with van der Waals surface area (Å²) in [6.07, 6.45) is 0.444. The number of rotatable bonds is 10. The van der Waals surface area contributed by atoms with E-state index in [1.807, 2.05) is 19.9 Å². The summed E-state index contributed by atoms with van der Waals surface area (Å²) in [5, 5.41) is 0.366. The minimum atomic E-state index is -0.568. The molecule has 0 bridgehead atoms. The van der Waals surface area contributed by atoms with E-state index < -0.39 is 11.4 Å². The zero-order valence-electron chi connectivity index (χ0n) is 22.1. The molecular weight excluding hydrogens is 488 g/mol. The van der Waals surface area contributed by atoms with Crippen LogP contribution in [0, 0.1) is 13.8 Å². The zero-order valence-corrected chi connectivity index (χ0v) is 22.1. The molecule has 0 saturated carbocycles. The second-order valence-electron chi connectivity index (χ2n) is 8.72. The van der Waals surface area contributed by atoms with Crippen LogP contribution in [0.3, 0.4) is 0 Å². The summed E-state index contributed by atoms with van der Waals surface area (Å²) in [5.41, 5.74) is 2.17. The topological polar surface area (TPSA) is 93.4 Å². The third kappa shape index (κ3) is 5.75. The number of carbonyl (C=O) groups is 1. The van der Waals surface area contributed by atoms with Gasteiger partial charge in [-0.25, -0.2) is 0 Å². The third-order valence-electron chi connectivity index (χ3n) is 6.01. The Hall–Kier alpha value is -4.46. The van der Waals surface area contributed by atoms with Gasteiger partial charge >= 0.3 is 5.97 Å². The van der Waals surface area contributed by atoms with E-state index in [4.69, 9.17) is 28.1 Å². The number of aryl methyl sites for hydroxylation is 2. The fourth-order valence-electron chi connectivity index (χ4n) is 4.18. The fraction of sp³-hybridized carbons (Fsp3) is 0.267. The second-order valence-corrected chi connectivity index (χ2v) is 8.72. The van der Waals surface area contributed by atoms with Crippen LogP contribution in [-0.2, 0) is 4.79 Å². The van der Waals surface area contributed by atoms with Gasteiger partial charge in [-0.3, -0.25) is 9.59 Å². The maximum absolute atomic E-state index is 13.6. The molecule has 38 heavy (non-hydrogen) atoms. The van der Waals surface area contributed by atoms with E-state index in [0.29, 0.717) is 46.8 Å². The first kappa shape index (κ1) is 26.6. The Bertz CT molecular complexity index is 1500. The summed E-state index contributed by atoms with van der Waals surface area (Å²) in [6, 6.07) is 15.9. The number of benzene rings is 3. The summed E-state index contributed by atoms with van der Waals surface area (Å²) in [5.74, 6) is 1.75. The lowest BCUT2D eigenvalue weighted by Gasteiger charge is -2.14. The largest absolute Gasteiger partial charge is 0.497 e. The van der Waals surface area contributed by atoms with Crippen molar-refractivity contribution in [2.45, 2.75) is 26.7 Å². The number of hydrogen-bond acceptors (Lipinski definition) is 8. The van der Waals surface area contributed by atoms with Gasteiger partial charge in [0.25, 0.3) is 0 Å². The molecule has 0 fully saturated rings. The van der Waals surface area contributed by atoms with Crippen LogP contribution in [0.4, 0.5) is 0 Å². The van der Waals surface area contributed by atoms with E-state index >= 15 is 0 Å². The van der Waals surface area contributed by atoms with Gasteiger partial charge in [0.2, 0.25) is 11.2 Å². The van der Waals surface area contributed by atoms with Gasteiger partial charge in [-0.15, -0.1) is 0 Å². The summed E-state index contributed by atoms with van der Waals surface area (Å²) >= 11 is 0. The van der Waals surface area contributed by atoms with Crippen molar-refractivity contribution >= 4 is 16.9 Å². The SMILES string of the molecule is COc1ccc(OCCCC(=O)Oc2c(-c3ccc(OC)c(OC)c3)oc3cc(C)cc(C)c3c2=O)cc1. The van der Waals surface area contributed by atoms with Crippen molar-refractivity contribution < 1.29 is 32.9 Å². The number of ether oxygens (including phenoxy) is 5. The highest BCUT2D eigenvalue weighted by Crippen LogP contribution is 2.37. The quantitative estimate of drug-likeness (QED) is 0.190. The Kier molecular flexibility index (Phi) is 8.21. The van der Waals surface area contributed by atoms with E-state index in [2.05, 4.69) is 0 Å². The van der Waals surface area contributed by atoms with Crippen LogP contribution in [0.1, 0.15) is 24.0 Å². The predicted molar refractivity (Wildman–Crippen MR) is 144 cm³/mol. The van der Waals surface area contributed by atoms with Gasteiger partial charge < -0.3 is 28.1 Å². The highest BCUT2D eigenvalue weighted by atomic mass is 16.5. The van der Waals surface area contributed by atoms with Crippen molar-refractivity contribution in [3.63, 3.8) is 0 Å². The molecule has 0 radical (unpaired) electrons. The van der Waals surface area contributed by atoms with Gasteiger partial charge in [0, 0.05) is 12.0 Å². The molecule has 3 aromatic carbocycles. The molecule has 0 saturated heterocycles. The Morgan fingerprint density at radius 3 is 2.24 bits per heavy atom. The summed E-state index contributed by atoms with van der Waals surface area (Å²) in [7, 11) is 4.64. The Morgan fingerprint density at radius 2 is 1.55 bits per heavy atom. The van der Waals surface area contributed by atoms with Gasteiger partial charge in [-0.2, -0.15) is 0 Å². The zero-order chi connectivity index (χ0) is 27.2. The van der Waals surface area contributed by atoms with Crippen LogP contribution < -0.4 is 29.1 Å². The van der Waals surface area contributed by atoms with Crippen LogP contribution in [-0.4, -0.2) is 33.9 Å². The van der Waals surface area contributed by atoms with Crippen LogP contribution >= 0.6 is 0 Å². The molecule has 8 nitrogen and oxygen atoms in total. The van der Waals surface area contributed by atoms with Crippen LogP contribution in [0.5, 0.6) is 28.7 Å². The molecule has 198 valence electrons. The highest BCUT2D eigenvalue weighted by molar-refractivity contribution is 5.87. The number of hydrogen-bond donors (Lipinski definition) is 0. The average molecular weight is 519 g/mol. The van der Waals surface area contributed by atoms with Gasteiger partial charge in [0.1, 0.15) is 17.1 Å². The number of esters is 1. The normalized spacial score (nSPS) is 10.8. The minimum Gasteiger partial charge on any atom is -0.497 e. The molecule has 4 rings (SSSR count). The third-order valence-corrected chi connectivity index (χ3v) is 6.01. The summed E-state index contributed by atoms with van der Waals surface area (Å²) in [6.45, 7) is 4.05. The second kappa shape index (κ2) is 11.7. The van der Waals surface area contributed by atoms with Gasteiger partial charge in [0.05, 0.1) is 33.3 Å². The molecule has 0 unspecified atom stereocenters. The lowest BCUT2D eigenvalue weighted by atomic mass is 10.0. The fourth-order valence-corrected chi connectivity index (χ4v) is 4.18. The molecule has 0 N–H and O–H groups in total. The van der Waals surface area contributed by atoms with Crippen LogP contribution in [0.2, 0.25) is 0 Å². The van der Waals surface area contributed by atoms with Crippen molar-refractivity contribution in [1.82, 2.24) is 0 Å². The lowest BCUT2D eigenvalue weighted by Crippen LogP contribution is -2.17. The number of carbonyl (C=O) groups excluding carboxylic acids is 1. The molecule has 0 aliphatic carbocycles. The molecule has 0 aliphatic heterocycles. The van der Waals surface area contributed by atoms with Gasteiger partial charge in [0.15, 0.2) is 17.3 Å². The predicted octanol–water partition coefficient (Wildman–Crippen LogP) is 5.87.